The van der Waals surface area contributed by atoms with Crippen LogP contribution >= 0.6 is 24.8 Å². The molecular formula is C19H33Cl2N3O. The third-order valence-corrected chi connectivity index (χ3v) is 4.52. The Hall–Kier alpha value is -0.810. The van der Waals surface area contributed by atoms with Gasteiger partial charge in [-0.3, -0.25) is 9.69 Å². The van der Waals surface area contributed by atoms with Gasteiger partial charge in [-0.1, -0.05) is 44.0 Å². The Kier molecular flexibility index (Phi) is 13.0. The first-order valence-corrected chi connectivity index (χ1v) is 8.91. The topological polar surface area (TPSA) is 44.4 Å². The SMILES string of the molecule is CNCC(C)C(=O)NCc1cccc(CN2CCCCCC2)c1.Cl.Cl. The van der Waals surface area contributed by atoms with E-state index in [1.54, 1.807) is 0 Å². The largest absolute Gasteiger partial charge is 0.352 e. The minimum Gasteiger partial charge on any atom is -0.352 e. The van der Waals surface area contributed by atoms with E-state index >= 15 is 0 Å². The van der Waals surface area contributed by atoms with Crippen molar-refractivity contribution < 1.29 is 4.79 Å². The zero-order chi connectivity index (χ0) is 16.5. The summed E-state index contributed by atoms with van der Waals surface area (Å²) in [6.07, 6.45) is 5.37. The first kappa shape index (κ1) is 24.2. The van der Waals surface area contributed by atoms with Crippen LogP contribution in [0.15, 0.2) is 24.3 Å². The van der Waals surface area contributed by atoms with Crippen LogP contribution in [-0.2, 0) is 17.9 Å². The van der Waals surface area contributed by atoms with Gasteiger partial charge in [0.15, 0.2) is 0 Å². The van der Waals surface area contributed by atoms with Crippen LogP contribution in [-0.4, -0.2) is 37.5 Å². The van der Waals surface area contributed by atoms with E-state index in [2.05, 4.69) is 39.8 Å². The number of hydrogen-bond donors (Lipinski definition) is 2. The molecule has 0 radical (unpaired) electrons. The normalized spacial score (nSPS) is 16.1. The summed E-state index contributed by atoms with van der Waals surface area (Å²) < 4.78 is 0. The highest BCUT2D eigenvalue weighted by atomic mass is 35.5. The average Bonchev–Trinajstić information content (AvgIpc) is 2.82. The van der Waals surface area contributed by atoms with Gasteiger partial charge in [0.1, 0.15) is 0 Å². The molecule has 1 aromatic rings. The van der Waals surface area contributed by atoms with E-state index < -0.39 is 0 Å². The maximum Gasteiger partial charge on any atom is 0.224 e. The lowest BCUT2D eigenvalue weighted by Crippen LogP contribution is -2.33. The lowest BCUT2D eigenvalue weighted by Gasteiger charge is -2.20. The molecule has 0 bridgehead atoms. The molecule has 1 aliphatic rings. The van der Waals surface area contributed by atoms with E-state index in [4.69, 9.17) is 0 Å². The second kappa shape index (κ2) is 13.4. The van der Waals surface area contributed by atoms with Crippen molar-refractivity contribution in [1.82, 2.24) is 15.5 Å². The van der Waals surface area contributed by atoms with Crippen molar-refractivity contribution in [3.05, 3.63) is 35.4 Å². The molecule has 2 N–H and O–H groups in total. The third-order valence-electron chi connectivity index (χ3n) is 4.52. The molecular weight excluding hydrogens is 357 g/mol. The van der Waals surface area contributed by atoms with Gasteiger partial charge in [-0.15, -0.1) is 24.8 Å². The van der Waals surface area contributed by atoms with Crippen molar-refractivity contribution in [3.8, 4) is 0 Å². The van der Waals surface area contributed by atoms with E-state index in [-0.39, 0.29) is 36.6 Å². The van der Waals surface area contributed by atoms with Gasteiger partial charge in [-0.05, 0) is 44.1 Å². The zero-order valence-corrected chi connectivity index (χ0v) is 17.1. The predicted molar refractivity (Wildman–Crippen MR) is 110 cm³/mol. The second-order valence-electron chi connectivity index (χ2n) is 6.69. The maximum atomic E-state index is 12.0. The predicted octanol–water partition coefficient (Wildman–Crippen LogP) is 3.38. The number of halogens is 2. The van der Waals surface area contributed by atoms with Gasteiger partial charge in [0.05, 0.1) is 0 Å². The maximum absolute atomic E-state index is 12.0. The van der Waals surface area contributed by atoms with Crippen molar-refractivity contribution in [2.75, 3.05) is 26.7 Å². The van der Waals surface area contributed by atoms with E-state index in [0.29, 0.717) is 13.1 Å². The highest BCUT2D eigenvalue weighted by molar-refractivity contribution is 5.85. The molecule has 0 aromatic heterocycles. The Morgan fingerprint density at radius 3 is 2.40 bits per heavy atom. The van der Waals surface area contributed by atoms with Crippen molar-refractivity contribution in [3.63, 3.8) is 0 Å². The molecule has 1 atom stereocenters. The minimum atomic E-state index is 0. The van der Waals surface area contributed by atoms with Crippen LogP contribution in [0.2, 0.25) is 0 Å². The fraction of sp³-hybridized carbons (Fsp3) is 0.632. The molecule has 4 nitrogen and oxygen atoms in total. The van der Waals surface area contributed by atoms with Gasteiger partial charge < -0.3 is 10.6 Å². The van der Waals surface area contributed by atoms with Gasteiger partial charge in [0, 0.05) is 25.6 Å². The van der Waals surface area contributed by atoms with Crippen LogP contribution < -0.4 is 10.6 Å². The van der Waals surface area contributed by atoms with Crippen molar-refractivity contribution >= 4 is 30.7 Å². The Labute approximate surface area is 164 Å². The van der Waals surface area contributed by atoms with Crippen LogP contribution in [0.5, 0.6) is 0 Å². The fourth-order valence-corrected chi connectivity index (χ4v) is 3.15. The van der Waals surface area contributed by atoms with Gasteiger partial charge in [-0.2, -0.15) is 0 Å². The summed E-state index contributed by atoms with van der Waals surface area (Å²) in [4.78, 5) is 14.5. The number of rotatable bonds is 7. The van der Waals surface area contributed by atoms with E-state index in [1.165, 1.54) is 49.9 Å². The van der Waals surface area contributed by atoms with Crippen LogP contribution in [0.1, 0.15) is 43.7 Å². The summed E-state index contributed by atoms with van der Waals surface area (Å²) in [5.41, 5.74) is 2.53. The molecule has 144 valence electrons. The van der Waals surface area contributed by atoms with E-state index in [1.807, 2.05) is 14.0 Å². The number of nitrogens with zero attached hydrogens (tertiary/aromatic N) is 1. The molecule has 1 saturated heterocycles. The number of nitrogens with one attached hydrogen (secondary N) is 2. The number of amides is 1. The standard InChI is InChI=1S/C19H31N3O.2ClH/c1-16(13-20-2)19(23)21-14-17-8-7-9-18(12-17)15-22-10-5-3-4-6-11-22;;/h7-9,12,16,20H,3-6,10-11,13-15H2,1-2H3,(H,21,23);2*1H. The molecule has 1 heterocycles. The number of carbonyl (C=O) groups is 1. The summed E-state index contributed by atoms with van der Waals surface area (Å²) in [5.74, 6) is 0.109. The van der Waals surface area contributed by atoms with Gasteiger partial charge in [0.2, 0.25) is 5.91 Å². The quantitative estimate of drug-likeness (QED) is 0.750. The second-order valence-corrected chi connectivity index (χ2v) is 6.69. The highest BCUT2D eigenvalue weighted by Crippen LogP contribution is 2.14. The molecule has 25 heavy (non-hydrogen) atoms. The summed E-state index contributed by atoms with van der Waals surface area (Å²) in [5, 5.41) is 6.07. The molecule has 2 rings (SSSR count). The van der Waals surface area contributed by atoms with Gasteiger partial charge >= 0.3 is 0 Å². The third kappa shape index (κ3) is 8.91. The smallest absolute Gasteiger partial charge is 0.224 e. The van der Waals surface area contributed by atoms with E-state index in [0.717, 1.165) is 6.54 Å². The molecule has 1 aliphatic heterocycles. The van der Waals surface area contributed by atoms with Crippen LogP contribution in [0.4, 0.5) is 0 Å². The lowest BCUT2D eigenvalue weighted by molar-refractivity contribution is -0.124. The van der Waals surface area contributed by atoms with Crippen LogP contribution in [0, 0.1) is 5.92 Å². The summed E-state index contributed by atoms with van der Waals surface area (Å²) >= 11 is 0. The Balaban J connectivity index is 0.00000288. The van der Waals surface area contributed by atoms with Crippen LogP contribution in [0.25, 0.3) is 0 Å². The van der Waals surface area contributed by atoms with Crippen molar-refractivity contribution in [2.24, 2.45) is 5.92 Å². The average molecular weight is 390 g/mol. The van der Waals surface area contributed by atoms with E-state index in [9.17, 15) is 4.79 Å². The number of carbonyl (C=O) groups excluding carboxylic acids is 1. The lowest BCUT2D eigenvalue weighted by atomic mass is 10.1. The number of hydrogen-bond acceptors (Lipinski definition) is 3. The fourth-order valence-electron chi connectivity index (χ4n) is 3.15. The van der Waals surface area contributed by atoms with Gasteiger partial charge in [0.25, 0.3) is 0 Å². The molecule has 1 fully saturated rings. The molecule has 1 aromatic carbocycles. The first-order chi connectivity index (χ1) is 11.2. The van der Waals surface area contributed by atoms with Crippen molar-refractivity contribution in [1.29, 1.82) is 0 Å². The molecule has 1 unspecified atom stereocenters. The molecule has 0 aliphatic carbocycles. The Morgan fingerprint density at radius 1 is 1.12 bits per heavy atom. The Morgan fingerprint density at radius 2 is 1.76 bits per heavy atom. The summed E-state index contributed by atoms with van der Waals surface area (Å²) in [6, 6.07) is 8.62. The molecule has 0 spiro atoms. The summed E-state index contributed by atoms with van der Waals surface area (Å²) in [6.45, 7) is 6.71. The van der Waals surface area contributed by atoms with Crippen LogP contribution in [0.3, 0.4) is 0 Å². The zero-order valence-electron chi connectivity index (χ0n) is 15.4. The first-order valence-electron chi connectivity index (χ1n) is 8.91. The molecule has 1 amide bonds. The minimum absolute atomic E-state index is 0. The Bertz CT molecular complexity index is 491. The number of benzene rings is 1. The molecule has 6 heteroatoms. The van der Waals surface area contributed by atoms with Crippen molar-refractivity contribution in [2.45, 2.75) is 45.7 Å². The monoisotopic (exact) mass is 389 g/mol. The molecule has 0 saturated carbocycles. The number of likely N-dealkylation sites (tertiary alicyclic amines) is 1. The summed E-state index contributed by atoms with van der Waals surface area (Å²) in [7, 11) is 1.87. The highest BCUT2D eigenvalue weighted by Gasteiger charge is 2.12. The van der Waals surface area contributed by atoms with Gasteiger partial charge in [-0.25, -0.2) is 0 Å².